The first-order chi connectivity index (χ1) is 13.0. The van der Waals surface area contributed by atoms with Crippen LogP contribution < -0.4 is 9.64 Å². The van der Waals surface area contributed by atoms with Gasteiger partial charge in [0.2, 0.25) is 10.0 Å². The third kappa shape index (κ3) is 6.73. The predicted molar refractivity (Wildman–Crippen MR) is 108 cm³/mol. The number of aliphatic hydroxyl groups excluding tert-OH is 1. The minimum Gasteiger partial charge on any atom is -0.497 e. The van der Waals surface area contributed by atoms with Crippen LogP contribution in [0, 0.1) is 17.9 Å². The van der Waals surface area contributed by atoms with E-state index < -0.39 is 15.8 Å². The molecule has 1 radical (unpaired) electrons. The zero-order valence-corrected chi connectivity index (χ0v) is 17.0. The predicted octanol–water partition coefficient (Wildman–Crippen LogP) is 2.64. The number of ether oxygens (including phenoxy) is 1. The highest BCUT2D eigenvalue weighted by Crippen LogP contribution is 2.23. The summed E-state index contributed by atoms with van der Waals surface area (Å²) in [5.74, 6) is 5.77. The Hall–Kier alpha value is -1.75. The Bertz CT molecular complexity index is 747. The van der Waals surface area contributed by atoms with Gasteiger partial charge in [0, 0.05) is 44.4 Å². The van der Waals surface area contributed by atoms with Crippen molar-refractivity contribution < 1.29 is 18.3 Å². The van der Waals surface area contributed by atoms with Crippen LogP contribution in [-0.4, -0.2) is 56.9 Å². The molecule has 1 fully saturated rings. The summed E-state index contributed by atoms with van der Waals surface area (Å²) in [5, 5.41) is 9.87. The molecule has 0 bridgehead atoms. The lowest BCUT2D eigenvalue weighted by Gasteiger charge is -2.35. The van der Waals surface area contributed by atoms with Crippen molar-refractivity contribution in [2.75, 3.05) is 43.9 Å². The fourth-order valence-electron chi connectivity index (χ4n) is 2.96. The van der Waals surface area contributed by atoms with E-state index in [-0.39, 0.29) is 6.10 Å². The van der Waals surface area contributed by atoms with E-state index in [1.165, 1.54) is 4.31 Å². The number of nitrogens with zero attached hydrogens (tertiary/aromatic N) is 2. The number of methoxy groups -OCH3 is 1. The number of benzene rings is 1. The van der Waals surface area contributed by atoms with Crippen molar-refractivity contribution in [1.82, 2.24) is 4.31 Å². The van der Waals surface area contributed by atoms with E-state index in [2.05, 4.69) is 23.7 Å². The zero-order valence-electron chi connectivity index (χ0n) is 16.1. The van der Waals surface area contributed by atoms with E-state index in [0.717, 1.165) is 30.7 Å². The Balaban J connectivity index is 1.86. The van der Waals surface area contributed by atoms with Gasteiger partial charge < -0.3 is 14.7 Å². The topological polar surface area (TPSA) is 70.1 Å². The van der Waals surface area contributed by atoms with E-state index in [1.54, 1.807) is 7.11 Å². The highest BCUT2D eigenvalue weighted by atomic mass is 32.2. The molecular formula is C20H29N2O4S. The van der Waals surface area contributed by atoms with Crippen molar-refractivity contribution in [3.63, 3.8) is 0 Å². The zero-order chi connectivity index (χ0) is 19.7. The van der Waals surface area contributed by atoms with Gasteiger partial charge in [-0.1, -0.05) is 31.8 Å². The molecular weight excluding hydrogens is 364 g/mol. The summed E-state index contributed by atoms with van der Waals surface area (Å²) in [5.41, 5.74) is 1.01. The van der Waals surface area contributed by atoms with E-state index in [4.69, 9.17) is 4.74 Å². The number of hydrogen-bond acceptors (Lipinski definition) is 5. The monoisotopic (exact) mass is 393 g/mol. The second kappa shape index (κ2) is 10.5. The van der Waals surface area contributed by atoms with E-state index >= 15 is 0 Å². The van der Waals surface area contributed by atoms with Crippen molar-refractivity contribution in [3.05, 3.63) is 30.4 Å². The summed E-state index contributed by atoms with van der Waals surface area (Å²) >= 11 is 0. The second-order valence-corrected chi connectivity index (χ2v) is 8.52. The first kappa shape index (κ1) is 21.5. The van der Waals surface area contributed by atoms with Crippen molar-refractivity contribution in [1.29, 1.82) is 0 Å². The molecule has 1 heterocycles. The quantitative estimate of drug-likeness (QED) is 0.543. The molecule has 1 aliphatic heterocycles. The third-order valence-corrected chi connectivity index (χ3v) is 6.30. The minimum atomic E-state index is -3.56. The van der Waals surface area contributed by atoms with Crippen molar-refractivity contribution >= 4 is 15.7 Å². The minimum absolute atomic E-state index is 0.276. The lowest BCUT2D eigenvalue weighted by atomic mass is 10.2. The van der Waals surface area contributed by atoms with Gasteiger partial charge in [-0.2, -0.15) is 4.31 Å². The molecule has 1 aliphatic rings. The summed E-state index contributed by atoms with van der Waals surface area (Å²) in [6.45, 7) is 4.07. The van der Waals surface area contributed by atoms with Gasteiger partial charge in [-0.3, -0.25) is 0 Å². The molecule has 1 aromatic carbocycles. The van der Waals surface area contributed by atoms with Crippen LogP contribution >= 0.6 is 0 Å². The maximum Gasteiger partial charge on any atom is 0.218 e. The number of hydrogen-bond donors (Lipinski definition) is 1. The van der Waals surface area contributed by atoms with E-state index in [1.807, 2.05) is 24.3 Å². The molecule has 0 unspecified atom stereocenters. The molecule has 7 heteroatoms. The number of rotatable bonds is 8. The lowest BCUT2D eigenvalue weighted by molar-refractivity contribution is 0.343. The van der Waals surface area contributed by atoms with Gasteiger partial charge in [0.1, 0.15) is 11.5 Å². The van der Waals surface area contributed by atoms with Crippen LogP contribution in [0.1, 0.15) is 32.6 Å². The summed E-state index contributed by atoms with van der Waals surface area (Å²) < 4.78 is 31.7. The molecule has 1 aromatic rings. The molecule has 0 spiro atoms. The number of sulfonamides is 1. The molecule has 6 nitrogen and oxygen atoms in total. The van der Waals surface area contributed by atoms with Gasteiger partial charge in [-0.05, 0) is 18.6 Å². The summed E-state index contributed by atoms with van der Waals surface area (Å²) in [7, 11) is -1.93. The molecule has 0 saturated carbocycles. The Morgan fingerprint density at radius 2 is 1.96 bits per heavy atom. The van der Waals surface area contributed by atoms with Crippen LogP contribution in [0.25, 0.3) is 0 Å². The fourth-order valence-corrected chi connectivity index (χ4v) is 4.28. The molecule has 0 atom stereocenters. The number of unbranched alkanes of at least 4 members (excludes halogenated alkanes) is 3. The van der Waals surface area contributed by atoms with E-state index in [9.17, 15) is 13.5 Å². The standard InChI is InChI=1S/C20H29N2O4S/c1-3-4-5-6-7-10-19(23)17-27(24,25)22-14-12-21(13-15-22)18-9-8-11-20(16-18)26-2/h8-9,11,16,23H,3-6,12-15,17H2,1-2H3. The Labute approximate surface area is 163 Å². The van der Waals surface area contributed by atoms with E-state index in [0.29, 0.717) is 32.6 Å². The van der Waals surface area contributed by atoms with Crippen LogP contribution in [0.2, 0.25) is 0 Å². The fraction of sp³-hybridized carbons (Fsp3) is 0.550. The van der Waals surface area contributed by atoms with Gasteiger partial charge in [0.05, 0.1) is 7.11 Å². The Kier molecular flexibility index (Phi) is 8.42. The van der Waals surface area contributed by atoms with Crippen molar-refractivity contribution in [2.45, 2.75) is 32.6 Å². The highest BCUT2D eigenvalue weighted by molar-refractivity contribution is 7.89. The molecule has 0 amide bonds. The number of anilines is 1. The lowest BCUT2D eigenvalue weighted by Crippen LogP contribution is -2.49. The summed E-state index contributed by atoms with van der Waals surface area (Å²) in [6, 6.07) is 7.73. The number of aliphatic hydroxyl groups is 1. The average molecular weight is 394 g/mol. The molecule has 27 heavy (non-hydrogen) atoms. The normalized spacial score (nSPS) is 15.5. The van der Waals surface area contributed by atoms with Gasteiger partial charge in [-0.25, -0.2) is 8.42 Å². The molecule has 1 saturated heterocycles. The maximum absolute atomic E-state index is 12.5. The largest absolute Gasteiger partial charge is 0.497 e. The Morgan fingerprint density at radius 1 is 1.22 bits per heavy atom. The van der Waals surface area contributed by atoms with Gasteiger partial charge in [0.25, 0.3) is 0 Å². The summed E-state index contributed by atoms with van der Waals surface area (Å²) in [4.78, 5) is 2.13. The van der Waals surface area contributed by atoms with Crippen molar-refractivity contribution in [2.24, 2.45) is 0 Å². The summed E-state index contributed by atoms with van der Waals surface area (Å²) in [6.07, 6.45) is 3.56. The Morgan fingerprint density at radius 3 is 2.63 bits per heavy atom. The molecule has 2 rings (SSSR count). The third-order valence-electron chi connectivity index (χ3n) is 4.51. The first-order valence-electron chi connectivity index (χ1n) is 9.36. The van der Waals surface area contributed by atoms with Gasteiger partial charge >= 0.3 is 0 Å². The van der Waals surface area contributed by atoms with Crippen LogP contribution in [0.4, 0.5) is 5.69 Å². The van der Waals surface area contributed by atoms with Crippen LogP contribution in [0.3, 0.4) is 0 Å². The van der Waals surface area contributed by atoms with Crippen LogP contribution in [0.15, 0.2) is 24.3 Å². The second-order valence-electron chi connectivity index (χ2n) is 6.55. The highest BCUT2D eigenvalue weighted by Gasteiger charge is 2.29. The molecule has 0 aromatic heterocycles. The first-order valence-corrected chi connectivity index (χ1v) is 11.0. The maximum atomic E-state index is 12.5. The smallest absolute Gasteiger partial charge is 0.218 e. The molecule has 149 valence electrons. The van der Waals surface area contributed by atoms with Crippen LogP contribution in [-0.2, 0) is 10.0 Å². The average Bonchev–Trinajstić information content (AvgIpc) is 2.67. The molecule has 1 N–H and O–H groups in total. The SMILES string of the molecule is CCCCCC#C[C](O)CS(=O)(=O)N1CCN(c2cccc(OC)c2)CC1. The van der Waals surface area contributed by atoms with Gasteiger partial charge in [-0.15, -0.1) is 5.92 Å². The van der Waals surface area contributed by atoms with Crippen molar-refractivity contribution in [3.8, 4) is 17.6 Å². The molecule has 0 aliphatic carbocycles. The number of piperazine rings is 1. The van der Waals surface area contributed by atoms with Gasteiger partial charge in [0.15, 0.2) is 6.10 Å². The van der Waals surface area contributed by atoms with Crippen LogP contribution in [0.5, 0.6) is 5.75 Å².